The minimum atomic E-state index is -0.469. The summed E-state index contributed by atoms with van der Waals surface area (Å²) in [7, 11) is 0. The number of esters is 1. The summed E-state index contributed by atoms with van der Waals surface area (Å²) in [5, 5.41) is 3.69. The van der Waals surface area contributed by atoms with Crippen LogP contribution in [-0.4, -0.2) is 23.5 Å². The molecule has 3 aromatic carbocycles. The summed E-state index contributed by atoms with van der Waals surface area (Å²) < 4.78 is 11.0. The zero-order valence-corrected chi connectivity index (χ0v) is 16.1. The Morgan fingerprint density at radius 2 is 1.60 bits per heavy atom. The van der Waals surface area contributed by atoms with Crippen molar-refractivity contribution in [3.8, 4) is 11.5 Å². The van der Waals surface area contributed by atoms with Crippen LogP contribution in [0.1, 0.15) is 5.56 Å². The maximum Gasteiger partial charge on any atom is 0.310 e. The summed E-state index contributed by atoms with van der Waals surface area (Å²) >= 11 is 0. The average Bonchev–Trinajstić information content (AvgIpc) is 3.17. The van der Waals surface area contributed by atoms with E-state index < -0.39 is 11.9 Å². The molecule has 4 aromatic rings. The number of rotatable bonds is 7. The summed E-state index contributed by atoms with van der Waals surface area (Å²) in [5.41, 5.74) is 2.28. The van der Waals surface area contributed by atoms with Crippen LogP contribution < -0.4 is 10.1 Å². The minimum Gasteiger partial charge on any atom is -0.455 e. The first-order valence-corrected chi connectivity index (χ1v) is 9.51. The highest BCUT2D eigenvalue weighted by Crippen LogP contribution is 2.29. The third-order valence-corrected chi connectivity index (χ3v) is 4.51. The smallest absolute Gasteiger partial charge is 0.310 e. The van der Waals surface area contributed by atoms with Gasteiger partial charge in [-0.05, 0) is 35.9 Å². The van der Waals surface area contributed by atoms with E-state index in [2.05, 4.69) is 10.3 Å². The topological polar surface area (TPSA) is 80.4 Å². The summed E-state index contributed by atoms with van der Waals surface area (Å²) in [6, 6.07) is 24.1. The molecule has 1 aromatic heterocycles. The molecular formula is C24H20N2O4. The number of fused-ring (bicyclic) bond motifs is 1. The van der Waals surface area contributed by atoms with E-state index in [0.29, 0.717) is 17.2 Å². The third-order valence-electron chi connectivity index (χ3n) is 4.51. The van der Waals surface area contributed by atoms with Crippen molar-refractivity contribution in [1.29, 1.82) is 0 Å². The van der Waals surface area contributed by atoms with E-state index in [1.807, 2.05) is 60.7 Å². The van der Waals surface area contributed by atoms with Crippen molar-refractivity contribution in [2.75, 3.05) is 11.9 Å². The molecule has 1 amide bonds. The molecule has 0 atom stereocenters. The summed E-state index contributed by atoms with van der Waals surface area (Å²) in [6.45, 7) is -0.374. The molecule has 150 valence electrons. The zero-order chi connectivity index (χ0) is 20.8. The number of amides is 1. The number of H-pyrrole nitrogens is 1. The van der Waals surface area contributed by atoms with E-state index in [4.69, 9.17) is 9.47 Å². The van der Waals surface area contributed by atoms with Gasteiger partial charge in [0, 0.05) is 17.1 Å². The Bertz CT molecular complexity index is 1170. The number of aromatic amines is 1. The maximum absolute atomic E-state index is 12.3. The average molecular weight is 400 g/mol. The molecule has 6 nitrogen and oxygen atoms in total. The highest BCUT2D eigenvalue weighted by atomic mass is 16.5. The molecule has 6 heteroatoms. The highest BCUT2D eigenvalue weighted by Gasteiger charge is 2.13. The van der Waals surface area contributed by atoms with E-state index in [1.54, 1.807) is 24.4 Å². The number of nitrogens with one attached hydrogen (secondary N) is 2. The molecule has 0 saturated heterocycles. The van der Waals surface area contributed by atoms with Gasteiger partial charge in [-0.15, -0.1) is 0 Å². The van der Waals surface area contributed by atoms with Gasteiger partial charge in [0.25, 0.3) is 5.91 Å². The lowest BCUT2D eigenvalue weighted by Crippen LogP contribution is -2.21. The van der Waals surface area contributed by atoms with Crippen LogP contribution in [0.5, 0.6) is 11.5 Å². The van der Waals surface area contributed by atoms with Gasteiger partial charge in [0.15, 0.2) is 12.4 Å². The quantitative estimate of drug-likeness (QED) is 0.441. The Morgan fingerprint density at radius 3 is 2.47 bits per heavy atom. The largest absolute Gasteiger partial charge is 0.455 e. The van der Waals surface area contributed by atoms with Crippen molar-refractivity contribution in [2.24, 2.45) is 0 Å². The number of hydrogen-bond donors (Lipinski definition) is 2. The van der Waals surface area contributed by atoms with Crippen LogP contribution in [-0.2, 0) is 20.7 Å². The fourth-order valence-electron chi connectivity index (χ4n) is 3.09. The standard InChI is InChI=1S/C24H20N2O4/c27-23(16-29-24(28)14-17-15-25-20-11-5-4-10-19(17)20)26-21-12-6-7-13-22(21)30-18-8-2-1-3-9-18/h1-13,15,25H,14,16H2,(H,26,27). The van der Waals surface area contributed by atoms with Crippen molar-refractivity contribution >= 4 is 28.5 Å². The van der Waals surface area contributed by atoms with Crippen molar-refractivity contribution in [1.82, 2.24) is 4.98 Å². The molecule has 0 aliphatic carbocycles. The van der Waals surface area contributed by atoms with Crippen molar-refractivity contribution < 1.29 is 19.1 Å². The summed E-state index contributed by atoms with van der Waals surface area (Å²) in [5.74, 6) is 0.252. The second kappa shape index (κ2) is 8.96. The van der Waals surface area contributed by atoms with Crippen LogP contribution in [0.4, 0.5) is 5.69 Å². The Morgan fingerprint density at radius 1 is 0.867 bits per heavy atom. The highest BCUT2D eigenvalue weighted by molar-refractivity contribution is 5.94. The molecule has 0 aliphatic rings. The zero-order valence-electron chi connectivity index (χ0n) is 16.1. The van der Waals surface area contributed by atoms with Crippen molar-refractivity contribution in [3.63, 3.8) is 0 Å². The molecular weight excluding hydrogens is 380 g/mol. The summed E-state index contributed by atoms with van der Waals surface area (Å²) in [6.07, 6.45) is 1.87. The molecule has 0 unspecified atom stereocenters. The monoisotopic (exact) mass is 400 g/mol. The minimum absolute atomic E-state index is 0.0883. The fourth-order valence-corrected chi connectivity index (χ4v) is 3.09. The second-order valence-electron chi connectivity index (χ2n) is 6.66. The maximum atomic E-state index is 12.3. The summed E-state index contributed by atoms with van der Waals surface area (Å²) in [4.78, 5) is 27.6. The Hall–Kier alpha value is -4.06. The first-order valence-electron chi connectivity index (χ1n) is 9.51. The lowest BCUT2D eigenvalue weighted by atomic mass is 10.1. The predicted octanol–water partition coefficient (Wildman–Crippen LogP) is 4.68. The van der Waals surface area contributed by atoms with Crippen LogP contribution in [0.3, 0.4) is 0 Å². The number of aromatic nitrogens is 1. The van der Waals surface area contributed by atoms with E-state index >= 15 is 0 Å². The van der Waals surface area contributed by atoms with Crippen LogP contribution in [0.15, 0.2) is 85.1 Å². The van der Waals surface area contributed by atoms with Crippen LogP contribution in [0.25, 0.3) is 10.9 Å². The lowest BCUT2D eigenvalue weighted by Gasteiger charge is -2.12. The van der Waals surface area contributed by atoms with Crippen LogP contribution >= 0.6 is 0 Å². The third kappa shape index (κ3) is 4.67. The normalized spacial score (nSPS) is 10.5. The SMILES string of the molecule is O=C(COC(=O)Cc1c[nH]c2ccccc12)Nc1ccccc1Oc1ccccc1. The Balaban J connectivity index is 1.33. The molecule has 0 aliphatic heterocycles. The molecule has 2 N–H and O–H groups in total. The molecule has 1 heterocycles. The molecule has 4 rings (SSSR count). The van der Waals surface area contributed by atoms with Crippen molar-refractivity contribution in [3.05, 3.63) is 90.6 Å². The number of hydrogen-bond acceptors (Lipinski definition) is 4. The number of benzene rings is 3. The Labute approximate surface area is 173 Å². The first kappa shape index (κ1) is 19.3. The predicted molar refractivity (Wildman–Crippen MR) is 115 cm³/mol. The first-order chi connectivity index (χ1) is 14.7. The van der Waals surface area contributed by atoms with Gasteiger partial charge < -0.3 is 19.8 Å². The number of carbonyl (C=O) groups is 2. The van der Waals surface area contributed by atoms with E-state index in [1.165, 1.54) is 0 Å². The number of ether oxygens (including phenoxy) is 2. The molecule has 0 bridgehead atoms. The van der Waals surface area contributed by atoms with Gasteiger partial charge in [0.05, 0.1) is 12.1 Å². The lowest BCUT2D eigenvalue weighted by molar-refractivity contribution is -0.146. The van der Waals surface area contributed by atoms with Gasteiger partial charge in [-0.25, -0.2) is 0 Å². The fraction of sp³-hybridized carbons (Fsp3) is 0.0833. The molecule has 0 spiro atoms. The Kier molecular flexibility index (Phi) is 5.75. The van der Waals surface area contributed by atoms with Crippen molar-refractivity contribution in [2.45, 2.75) is 6.42 Å². The second-order valence-corrected chi connectivity index (χ2v) is 6.66. The number of para-hydroxylation sites is 4. The molecule has 0 saturated carbocycles. The number of carbonyl (C=O) groups excluding carboxylic acids is 2. The van der Waals surface area contributed by atoms with Gasteiger partial charge >= 0.3 is 5.97 Å². The van der Waals surface area contributed by atoms with Crippen LogP contribution in [0.2, 0.25) is 0 Å². The van der Waals surface area contributed by atoms with Gasteiger partial charge in [-0.1, -0.05) is 48.5 Å². The van der Waals surface area contributed by atoms with Crippen LogP contribution in [0, 0.1) is 0 Å². The molecule has 0 fully saturated rings. The van der Waals surface area contributed by atoms with Gasteiger partial charge in [-0.2, -0.15) is 0 Å². The number of anilines is 1. The van der Waals surface area contributed by atoms with E-state index in [9.17, 15) is 9.59 Å². The molecule has 0 radical (unpaired) electrons. The van der Waals surface area contributed by atoms with Gasteiger partial charge in [-0.3, -0.25) is 9.59 Å². The van der Waals surface area contributed by atoms with E-state index in [-0.39, 0.29) is 13.0 Å². The van der Waals surface area contributed by atoms with Gasteiger partial charge in [0.1, 0.15) is 5.75 Å². The molecule has 30 heavy (non-hydrogen) atoms. The van der Waals surface area contributed by atoms with E-state index in [0.717, 1.165) is 16.5 Å². The van der Waals surface area contributed by atoms with Gasteiger partial charge in [0.2, 0.25) is 0 Å².